The molecule has 2 rings (SSSR count). The monoisotopic (exact) mass is 490 g/mol. The molecule has 0 aliphatic carbocycles. The van der Waals surface area contributed by atoms with Gasteiger partial charge in [-0.25, -0.2) is 4.99 Å². The zero-order valence-electron chi connectivity index (χ0n) is 16.6. The van der Waals surface area contributed by atoms with Crippen molar-refractivity contribution in [2.45, 2.75) is 26.9 Å². The van der Waals surface area contributed by atoms with Crippen molar-refractivity contribution in [2.24, 2.45) is 4.99 Å². The molecule has 1 heterocycles. The fourth-order valence-electron chi connectivity index (χ4n) is 2.82. The van der Waals surface area contributed by atoms with Gasteiger partial charge in [-0.05, 0) is 26.0 Å². The second kappa shape index (κ2) is 11.9. The normalized spacial score (nSPS) is 15.6. The smallest absolute Gasteiger partial charge is 0.219 e. The Bertz CT molecular complexity index is 619. The number of carbonyl (C=O) groups is 1. The van der Waals surface area contributed by atoms with Crippen molar-refractivity contribution < 1.29 is 14.3 Å². The van der Waals surface area contributed by atoms with E-state index in [4.69, 9.17) is 14.5 Å². The van der Waals surface area contributed by atoms with Gasteiger partial charge < -0.3 is 24.6 Å². The maximum Gasteiger partial charge on any atom is 0.219 e. The van der Waals surface area contributed by atoms with Gasteiger partial charge >= 0.3 is 0 Å². The molecule has 27 heavy (non-hydrogen) atoms. The summed E-state index contributed by atoms with van der Waals surface area (Å²) in [4.78, 5) is 20.3. The standard InChI is InChI=1S/C19H30N4O3.HI/c1-5-20-19(23-11-9-22(10-12-23)16(3)24)21-14-15(2)26-18-8-6-7-17(13-18)25-4;/h6-8,13,15H,5,9-12,14H2,1-4H3,(H,20,21);1H. The summed E-state index contributed by atoms with van der Waals surface area (Å²) in [5.41, 5.74) is 0. The molecule has 1 saturated heterocycles. The van der Waals surface area contributed by atoms with Crippen LogP contribution in [0.2, 0.25) is 0 Å². The number of hydrogen-bond acceptors (Lipinski definition) is 4. The maximum absolute atomic E-state index is 11.5. The highest BCUT2D eigenvalue weighted by Gasteiger charge is 2.21. The van der Waals surface area contributed by atoms with E-state index >= 15 is 0 Å². The Morgan fingerprint density at radius 3 is 2.44 bits per heavy atom. The van der Waals surface area contributed by atoms with Gasteiger partial charge in [0.15, 0.2) is 5.96 Å². The molecule has 1 atom stereocenters. The molecule has 0 spiro atoms. The van der Waals surface area contributed by atoms with Gasteiger partial charge in [-0.3, -0.25) is 4.79 Å². The van der Waals surface area contributed by atoms with E-state index in [0.29, 0.717) is 6.54 Å². The number of amides is 1. The van der Waals surface area contributed by atoms with E-state index in [1.165, 1.54) is 0 Å². The molecule has 0 radical (unpaired) electrons. The van der Waals surface area contributed by atoms with E-state index in [9.17, 15) is 4.79 Å². The third kappa shape index (κ3) is 7.43. The molecule has 1 fully saturated rings. The van der Waals surface area contributed by atoms with E-state index in [2.05, 4.69) is 17.1 Å². The summed E-state index contributed by atoms with van der Waals surface area (Å²) < 4.78 is 11.2. The van der Waals surface area contributed by atoms with Gasteiger partial charge in [0.2, 0.25) is 5.91 Å². The van der Waals surface area contributed by atoms with Crippen LogP contribution in [0.25, 0.3) is 0 Å². The number of nitrogens with zero attached hydrogens (tertiary/aromatic N) is 3. The minimum absolute atomic E-state index is 0. The lowest BCUT2D eigenvalue weighted by Gasteiger charge is -2.36. The zero-order valence-corrected chi connectivity index (χ0v) is 18.9. The van der Waals surface area contributed by atoms with Crippen LogP contribution in [0, 0.1) is 0 Å². The lowest BCUT2D eigenvalue weighted by Crippen LogP contribution is -2.53. The molecule has 1 aromatic carbocycles. The van der Waals surface area contributed by atoms with Crippen LogP contribution in [0.3, 0.4) is 0 Å². The molecule has 152 valence electrons. The van der Waals surface area contributed by atoms with Crippen LogP contribution in [-0.2, 0) is 4.79 Å². The van der Waals surface area contributed by atoms with Crippen molar-refractivity contribution >= 4 is 35.8 Å². The number of guanidine groups is 1. The highest BCUT2D eigenvalue weighted by molar-refractivity contribution is 14.0. The Kier molecular flexibility index (Phi) is 10.3. The number of ether oxygens (including phenoxy) is 2. The number of piperazine rings is 1. The van der Waals surface area contributed by atoms with Gasteiger partial charge in [0.05, 0.1) is 13.7 Å². The molecule has 1 aliphatic heterocycles. The summed E-state index contributed by atoms with van der Waals surface area (Å²) in [6.45, 7) is 10.1. The molecule has 0 bridgehead atoms. The molecule has 1 N–H and O–H groups in total. The first-order chi connectivity index (χ1) is 12.5. The number of aliphatic imine (C=N–C) groups is 1. The SMILES string of the molecule is CCNC(=NCC(C)Oc1cccc(OC)c1)N1CCN(C(C)=O)CC1.I. The molecule has 8 heteroatoms. The highest BCUT2D eigenvalue weighted by atomic mass is 127. The number of rotatable bonds is 6. The first kappa shape index (κ1) is 23.3. The van der Waals surface area contributed by atoms with Crippen molar-refractivity contribution in [3.05, 3.63) is 24.3 Å². The Morgan fingerprint density at radius 2 is 1.85 bits per heavy atom. The fraction of sp³-hybridized carbons (Fsp3) is 0.579. The molecule has 1 unspecified atom stereocenters. The Labute approximate surface area is 179 Å². The summed E-state index contributed by atoms with van der Waals surface area (Å²) in [5.74, 6) is 2.55. The summed E-state index contributed by atoms with van der Waals surface area (Å²) in [6, 6.07) is 7.57. The Balaban J connectivity index is 0.00000364. The molecule has 1 amide bonds. The zero-order chi connectivity index (χ0) is 18.9. The van der Waals surface area contributed by atoms with E-state index in [-0.39, 0.29) is 36.0 Å². The van der Waals surface area contributed by atoms with E-state index < -0.39 is 0 Å². The van der Waals surface area contributed by atoms with Crippen LogP contribution in [0.4, 0.5) is 0 Å². The summed E-state index contributed by atoms with van der Waals surface area (Å²) in [5, 5.41) is 3.33. The summed E-state index contributed by atoms with van der Waals surface area (Å²) in [6.07, 6.45) is -0.0609. The number of halogens is 1. The number of benzene rings is 1. The van der Waals surface area contributed by atoms with Crippen molar-refractivity contribution in [2.75, 3.05) is 46.4 Å². The first-order valence-electron chi connectivity index (χ1n) is 9.13. The minimum Gasteiger partial charge on any atom is -0.497 e. The van der Waals surface area contributed by atoms with Crippen molar-refractivity contribution in [1.82, 2.24) is 15.1 Å². The fourth-order valence-corrected chi connectivity index (χ4v) is 2.82. The van der Waals surface area contributed by atoms with Crippen LogP contribution < -0.4 is 14.8 Å². The van der Waals surface area contributed by atoms with Crippen LogP contribution in [0.5, 0.6) is 11.5 Å². The highest BCUT2D eigenvalue weighted by Crippen LogP contribution is 2.20. The maximum atomic E-state index is 11.5. The molecule has 0 saturated carbocycles. The van der Waals surface area contributed by atoms with Gasteiger partial charge in [-0.2, -0.15) is 0 Å². The topological polar surface area (TPSA) is 66.4 Å². The van der Waals surface area contributed by atoms with Gasteiger partial charge in [0.25, 0.3) is 0 Å². The van der Waals surface area contributed by atoms with Crippen LogP contribution in [0.15, 0.2) is 29.3 Å². The van der Waals surface area contributed by atoms with Crippen molar-refractivity contribution in [1.29, 1.82) is 0 Å². The van der Waals surface area contributed by atoms with Crippen molar-refractivity contribution in [3.63, 3.8) is 0 Å². The van der Waals surface area contributed by atoms with Gasteiger partial charge in [0.1, 0.15) is 17.6 Å². The number of carbonyl (C=O) groups excluding carboxylic acids is 1. The third-order valence-electron chi connectivity index (χ3n) is 4.24. The Hall–Kier alpha value is -1.71. The average molecular weight is 490 g/mol. The quantitative estimate of drug-likeness (QED) is 0.377. The largest absolute Gasteiger partial charge is 0.497 e. The molecule has 0 aromatic heterocycles. The first-order valence-corrected chi connectivity index (χ1v) is 9.13. The summed E-state index contributed by atoms with van der Waals surface area (Å²) >= 11 is 0. The second-order valence-corrected chi connectivity index (χ2v) is 6.30. The lowest BCUT2D eigenvalue weighted by atomic mass is 10.3. The number of hydrogen-bond donors (Lipinski definition) is 1. The van der Waals surface area contributed by atoms with E-state index in [0.717, 1.165) is 50.2 Å². The lowest BCUT2D eigenvalue weighted by molar-refractivity contribution is -0.130. The molecule has 1 aliphatic rings. The molecular weight excluding hydrogens is 459 g/mol. The van der Waals surface area contributed by atoms with Gasteiger partial charge in [0, 0.05) is 45.7 Å². The van der Waals surface area contributed by atoms with Crippen molar-refractivity contribution in [3.8, 4) is 11.5 Å². The number of methoxy groups -OCH3 is 1. The second-order valence-electron chi connectivity index (χ2n) is 6.30. The number of nitrogens with one attached hydrogen (secondary N) is 1. The predicted octanol–water partition coefficient (Wildman–Crippen LogP) is 2.21. The van der Waals surface area contributed by atoms with Crippen LogP contribution in [-0.4, -0.2) is 74.1 Å². The van der Waals surface area contributed by atoms with Crippen LogP contribution >= 0.6 is 24.0 Å². The average Bonchev–Trinajstić information content (AvgIpc) is 2.65. The third-order valence-corrected chi connectivity index (χ3v) is 4.24. The van der Waals surface area contributed by atoms with Crippen LogP contribution in [0.1, 0.15) is 20.8 Å². The molecule has 1 aromatic rings. The van der Waals surface area contributed by atoms with E-state index in [1.807, 2.05) is 36.1 Å². The molecule has 7 nitrogen and oxygen atoms in total. The van der Waals surface area contributed by atoms with Gasteiger partial charge in [-0.1, -0.05) is 6.07 Å². The predicted molar refractivity (Wildman–Crippen MR) is 118 cm³/mol. The minimum atomic E-state index is -0.0609. The molecular formula is C19H31IN4O3. The Morgan fingerprint density at radius 1 is 1.22 bits per heavy atom. The van der Waals surface area contributed by atoms with Gasteiger partial charge in [-0.15, -0.1) is 24.0 Å². The summed E-state index contributed by atoms with van der Waals surface area (Å²) in [7, 11) is 1.64. The van der Waals surface area contributed by atoms with E-state index in [1.54, 1.807) is 14.0 Å².